The van der Waals surface area contributed by atoms with Gasteiger partial charge in [0.2, 0.25) is 0 Å². The number of halogens is 7. The van der Waals surface area contributed by atoms with E-state index in [0.29, 0.717) is 0 Å². The fraction of sp³-hybridized carbons (Fsp3) is 0.333. The van der Waals surface area contributed by atoms with Crippen LogP contribution < -0.4 is 4.74 Å². The lowest BCUT2D eigenvalue weighted by Gasteiger charge is -2.18. The Labute approximate surface area is 111 Å². The Morgan fingerprint density at radius 1 is 1.30 bits per heavy atom. The maximum absolute atomic E-state index is 12.8. The number of nitrogens with zero attached hydrogens (tertiary/aromatic N) is 1. The molecule has 112 valence electrons. The maximum Gasteiger partial charge on any atom is 0.573 e. The summed E-state index contributed by atoms with van der Waals surface area (Å²) in [5, 5.41) is 8.60. The summed E-state index contributed by atoms with van der Waals surface area (Å²) in [6.45, 7) is 0. The molecule has 0 atom stereocenters. The quantitative estimate of drug-likeness (QED) is 0.684. The average Bonchev–Trinajstić information content (AvgIpc) is 2.24. The lowest BCUT2D eigenvalue weighted by atomic mass is 10.1. The van der Waals surface area contributed by atoms with Crippen LogP contribution in [0.5, 0.6) is 5.75 Å². The first-order valence-electron chi connectivity index (χ1n) is 4.61. The lowest BCUT2D eigenvalue weighted by molar-refractivity contribution is -0.275. The van der Waals surface area contributed by atoms with Gasteiger partial charge in [-0.2, -0.15) is 13.2 Å². The Balaban J connectivity index is 3.57. The molecule has 1 rings (SSSR count). The van der Waals surface area contributed by atoms with Gasteiger partial charge in [0.15, 0.2) is 11.4 Å². The van der Waals surface area contributed by atoms with Gasteiger partial charge in [-0.15, -0.1) is 24.8 Å². The first-order valence-corrected chi connectivity index (χ1v) is 5.15. The molecule has 4 nitrogen and oxygen atoms in total. The Kier molecular flexibility index (Phi) is 4.37. The van der Waals surface area contributed by atoms with E-state index in [9.17, 15) is 31.1 Å². The van der Waals surface area contributed by atoms with Crippen molar-refractivity contribution >= 4 is 17.6 Å². The molecule has 1 aromatic heterocycles. The van der Waals surface area contributed by atoms with Crippen molar-refractivity contribution in [1.82, 2.24) is 4.98 Å². The van der Waals surface area contributed by atoms with E-state index in [4.69, 9.17) is 16.7 Å². The third-order valence-electron chi connectivity index (χ3n) is 1.99. The van der Waals surface area contributed by atoms with Crippen LogP contribution in [0.4, 0.5) is 26.3 Å². The predicted octanol–water partition coefficient (Wildman–Crippen LogP) is 3.44. The second-order valence-electron chi connectivity index (χ2n) is 3.31. The predicted molar refractivity (Wildman–Crippen MR) is 52.4 cm³/mol. The van der Waals surface area contributed by atoms with Crippen molar-refractivity contribution in [2.45, 2.75) is 18.4 Å². The number of carboxylic acids is 1. The van der Waals surface area contributed by atoms with E-state index < -0.39 is 47.0 Å². The van der Waals surface area contributed by atoms with Gasteiger partial charge in [-0.05, 0) is 0 Å². The Bertz CT molecular complexity index is 528. The molecule has 0 bridgehead atoms. The number of ether oxygens (including phenoxy) is 1. The van der Waals surface area contributed by atoms with Gasteiger partial charge in [-0.25, -0.2) is 9.78 Å². The van der Waals surface area contributed by atoms with Gasteiger partial charge in [-0.3, -0.25) is 0 Å². The second-order valence-corrected chi connectivity index (χ2v) is 3.58. The first-order chi connectivity index (χ1) is 8.97. The number of alkyl halides is 7. The number of hydrogen-bond acceptors (Lipinski definition) is 3. The Hall–Kier alpha value is -1.71. The van der Waals surface area contributed by atoms with Gasteiger partial charge in [0.05, 0.1) is 17.6 Å². The summed E-state index contributed by atoms with van der Waals surface area (Å²) in [7, 11) is 0. The van der Waals surface area contributed by atoms with Crippen LogP contribution in [-0.2, 0) is 12.1 Å². The topological polar surface area (TPSA) is 59.4 Å². The molecule has 0 aliphatic heterocycles. The molecule has 0 aliphatic carbocycles. The average molecular weight is 324 g/mol. The Morgan fingerprint density at radius 2 is 1.85 bits per heavy atom. The fourth-order valence-electron chi connectivity index (χ4n) is 1.34. The molecule has 0 unspecified atom stereocenters. The highest BCUT2D eigenvalue weighted by Crippen LogP contribution is 2.39. The second kappa shape index (κ2) is 5.35. The van der Waals surface area contributed by atoms with E-state index in [1.807, 2.05) is 0 Å². The van der Waals surface area contributed by atoms with Gasteiger partial charge < -0.3 is 9.84 Å². The highest BCUT2D eigenvalue weighted by molar-refractivity contribution is 6.17. The molecule has 0 radical (unpaired) electrons. The standard InChI is InChI=1S/C9H4ClF6NO3/c10-1-3-4(20-9(14,15)16)2-17-6(7(18)19)5(3)8(11,12)13/h2H,1H2,(H,18,19). The zero-order chi connectivity index (χ0) is 15.7. The van der Waals surface area contributed by atoms with Gasteiger partial charge in [-0.1, -0.05) is 0 Å². The van der Waals surface area contributed by atoms with E-state index in [2.05, 4.69) is 9.72 Å². The number of pyridine rings is 1. The van der Waals surface area contributed by atoms with Crippen LogP contribution in [0.3, 0.4) is 0 Å². The molecule has 0 saturated heterocycles. The van der Waals surface area contributed by atoms with Crippen LogP contribution in [0.1, 0.15) is 21.6 Å². The minimum Gasteiger partial charge on any atom is -0.476 e. The summed E-state index contributed by atoms with van der Waals surface area (Å²) >= 11 is 5.18. The van der Waals surface area contributed by atoms with Crippen molar-refractivity contribution < 1.29 is 41.0 Å². The van der Waals surface area contributed by atoms with Crippen molar-refractivity contribution in [2.24, 2.45) is 0 Å². The van der Waals surface area contributed by atoms with Gasteiger partial charge >= 0.3 is 18.5 Å². The number of carboxylic acid groups (broad SMARTS) is 1. The van der Waals surface area contributed by atoms with E-state index in [0.717, 1.165) is 0 Å². The Morgan fingerprint density at radius 3 is 2.20 bits per heavy atom. The lowest BCUT2D eigenvalue weighted by Crippen LogP contribution is -2.22. The molecule has 0 spiro atoms. The molecule has 1 heterocycles. The minimum atomic E-state index is -5.27. The molecule has 1 N–H and O–H groups in total. The van der Waals surface area contributed by atoms with Crippen LogP contribution in [0.15, 0.2) is 6.20 Å². The molecule has 1 aromatic rings. The fourth-order valence-corrected chi connectivity index (χ4v) is 1.61. The monoisotopic (exact) mass is 323 g/mol. The summed E-state index contributed by atoms with van der Waals surface area (Å²) < 4.78 is 77.8. The summed E-state index contributed by atoms with van der Waals surface area (Å²) in [5.41, 5.74) is -4.48. The van der Waals surface area contributed by atoms with Crippen molar-refractivity contribution in [3.8, 4) is 5.75 Å². The molecule has 0 aliphatic rings. The van der Waals surface area contributed by atoms with E-state index in [1.54, 1.807) is 0 Å². The summed E-state index contributed by atoms with van der Waals surface area (Å²) in [5.74, 6) is -4.39. The van der Waals surface area contributed by atoms with Crippen LogP contribution in [0.2, 0.25) is 0 Å². The number of rotatable bonds is 3. The molecular formula is C9H4ClF6NO3. The summed E-state index contributed by atoms with van der Waals surface area (Å²) in [4.78, 5) is 13.5. The molecule has 11 heteroatoms. The number of aromatic nitrogens is 1. The van der Waals surface area contributed by atoms with E-state index in [-0.39, 0.29) is 6.20 Å². The molecule has 0 fully saturated rings. The molecule has 0 aromatic carbocycles. The zero-order valence-corrected chi connectivity index (χ0v) is 9.90. The first kappa shape index (κ1) is 16.3. The minimum absolute atomic E-state index is 0.226. The highest BCUT2D eigenvalue weighted by Gasteiger charge is 2.42. The van der Waals surface area contributed by atoms with Crippen LogP contribution in [0, 0.1) is 0 Å². The number of hydrogen-bond donors (Lipinski definition) is 1. The molecule has 0 amide bonds. The van der Waals surface area contributed by atoms with Crippen molar-refractivity contribution in [3.05, 3.63) is 23.0 Å². The smallest absolute Gasteiger partial charge is 0.476 e. The van der Waals surface area contributed by atoms with Gasteiger partial charge in [0, 0.05) is 5.56 Å². The van der Waals surface area contributed by atoms with Gasteiger partial charge in [0.25, 0.3) is 0 Å². The molecular weight excluding hydrogens is 320 g/mol. The molecule has 20 heavy (non-hydrogen) atoms. The normalized spacial score (nSPS) is 12.3. The number of carbonyl (C=O) groups is 1. The molecule has 0 saturated carbocycles. The van der Waals surface area contributed by atoms with E-state index in [1.165, 1.54) is 0 Å². The van der Waals surface area contributed by atoms with E-state index >= 15 is 0 Å². The third-order valence-corrected chi connectivity index (χ3v) is 2.26. The van der Waals surface area contributed by atoms with Crippen molar-refractivity contribution in [1.29, 1.82) is 0 Å². The third kappa shape index (κ3) is 3.65. The summed E-state index contributed by atoms with van der Waals surface area (Å²) in [6.07, 6.45) is -10.3. The zero-order valence-electron chi connectivity index (χ0n) is 9.14. The summed E-state index contributed by atoms with van der Waals surface area (Å²) in [6, 6.07) is 0. The SMILES string of the molecule is O=C(O)c1ncc(OC(F)(F)F)c(CCl)c1C(F)(F)F. The van der Waals surface area contributed by atoms with Crippen LogP contribution in [0.25, 0.3) is 0 Å². The number of aromatic carboxylic acids is 1. The maximum atomic E-state index is 12.8. The van der Waals surface area contributed by atoms with Crippen LogP contribution >= 0.6 is 11.6 Å². The van der Waals surface area contributed by atoms with Crippen LogP contribution in [-0.4, -0.2) is 22.4 Å². The van der Waals surface area contributed by atoms with Gasteiger partial charge in [0.1, 0.15) is 0 Å². The highest BCUT2D eigenvalue weighted by atomic mass is 35.5. The van der Waals surface area contributed by atoms with Crippen molar-refractivity contribution in [2.75, 3.05) is 0 Å². The van der Waals surface area contributed by atoms with Crippen molar-refractivity contribution in [3.63, 3.8) is 0 Å². The largest absolute Gasteiger partial charge is 0.573 e.